The quantitative estimate of drug-likeness (QED) is 0.602. The largest absolute Gasteiger partial charge is 0.572 e. The minimum atomic E-state index is -4.88. The van der Waals surface area contributed by atoms with Gasteiger partial charge in [-0.15, -0.1) is 13.2 Å². The van der Waals surface area contributed by atoms with Crippen LogP contribution in [0.1, 0.15) is 25.7 Å². The third-order valence-corrected chi connectivity index (χ3v) is 5.51. The summed E-state index contributed by atoms with van der Waals surface area (Å²) < 4.78 is 71.0. The van der Waals surface area contributed by atoms with Gasteiger partial charge in [0.05, 0.1) is 18.1 Å². The standard InChI is InChI=1S/C21H23F5N6O/c22-20(23,17-4-2-1-3-15(11-28-17)33-21(24,25)26)12-32-9-6-14(7-10-32)31-19-16-5-8-27-18(16)29-13-30-19/h2,4-5,8,11,13-14H,1,3,6-7,9-10,12H2,(H2,27,29,30,31)/b4-2-,15-11+,28-17+. The van der Waals surface area contributed by atoms with Crippen molar-refractivity contribution in [3.05, 3.63) is 42.7 Å². The molecule has 0 radical (unpaired) electrons. The van der Waals surface area contributed by atoms with Gasteiger partial charge in [-0.3, -0.25) is 9.89 Å². The van der Waals surface area contributed by atoms with Gasteiger partial charge in [-0.1, -0.05) is 6.08 Å². The molecule has 178 valence electrons. The predicted molar refractivity (Wildman–Crippen MR) is 113 cm³/mol. The number of hydrogen-bond acceptors (Lipinski definition) is 6. The highest BCUT2D eigenvalue weighted by atomic mass is 19.4. The van der Waals surface area contributed by atoms with Crippen LogP contribution in [0.3, 0.4) is 0 Å². The minimum absolute atomic E-state index is 0.0692. The van der Waals surface area contributed by atoms with E-state index in [-0.39, 0.29) is 18.9 Å². The van der Waals surface area contributed by atoms with Gasteiger partial charge in [-0.25, -0.2) is 9.97 Å². The Labute approximate surface area is 186 Å². The lowest BCUT2D eigenvalue weighted by atomic mass is 10.0. The zero-order chi connectivity index (χ0) is 23.5. The maximum atomic E-state index is 14.9. The number of ether oxygens (including phenoxy) is 1. The van der Waals surface area contributed by atoms with Crippen molar-refractivity contribution in [1.82, 2.24) is 19.9 Å². The average molecular weight is 470 g/mol. The summed E-state index contributed by atoms with van der Waals surface area (Å²) in [7, 11) is 0. The zero-order valence-electron chi connectivity index (χ0n) is 17.6. The molecule has 2 aromatic rings. The number of fused-ring (bicyclic) bond motifs is 1. The van der Waals surface area contributed by atoms with E-state index in [1.54, 1.807) is 11.1 Å². The lowest BCUT2D eigenvalue weighted by molar-refractivity contribution is -0.306. The molecule has 0 unspecified atom stereocenters. The highest BCUT2D eigenvalue weighted by Gasteiger charge is 2.38. The van der Waals surface area contributed by atoms with Crippen LogP contribution in [0.2, 0.25) is 0 Å². The molecule has 1 saturated heterocycles. The Morgan fingerprint density at radius 3 is 2.70 bits per heavy atom. The van der Waals surface area contributed by atoms with Crippen molar-refractivity contribution in [2.24, 2.45) is 4.99 Å². The molecule has 0 aliphatic carbocycles. The van der Waals surface area contributed by atoms with E-state index in [9.17, 15) is 22.0 Å². The number of hydrogen-bond donors (Lipinski definition) is 2. The Kier molecular flexibility index (Phi) is 6.63. The van der Waals surface area contributed by atoms with Gasteiger partial charge >= 0.3 is 12.3 Å². The van der Waals surface area contributed by atoms with Gasteiger partial charge in [0, 0.05) is 31.7 Å². The Bertz CT molecular complexity index is 1050. The van der Waals surface area contributed by atoms with Crippen LogP contribution in [0, 0.1) is 0 Å². The number of H-pyrrole nitrogens is 1. The van der Waals surface area contributed by atoms with Crippen LogP contribution in [0.25, 0.3) is 11.0 Å². The third kappa shape index (κ3) is 6.06. The summed E-state index contributed by atoms with van der Waals surface area (Å²) in [6.45, 7) is 0.301. The molecule has 2 N–H and O–H groups in total. The second-order valence-electron chi connectivity index (χ2n) is 7.96. The summed E-state index contributed by atoms with van der Waals surface area (Å²) in [5, 5.41) is 4.23. The molecule has 7 nitrogen and oxygen atoms in total. The first-order valence-electron chi connectivity index (χ1n) is 10.5. The molecule has 0 saturated carbocycles. The number of nitrogens with one attached hydrogen (secondary N) is 2. The first-order valence-corrected chi connectivity index (χ1v) is 10.5. The van der Waals surface area contributed by atoms with Gasteiger partial charge in [0.25, 0.3) is 0 Å². The summed E-state index contributed by atoms with van der Waals surface area (Å²) in [4.78, 5) is 16.7. The Balaban J connectivity index is 1.35. The van der Waals surface area contributed by atoms with E-state index >= 15 is 0 Å². The van der Waals surface area contributed by atoms with Crippen LogP contribution < -0.4 is 5.32 Å². The van der Waals surface area contributed by atoms with Gasteiger partial charge in [-0.2, -0.15) is 8.78 Å². The number of aromatic nitrogens is 3. The molecule has 0 amide bonds. The SMILES string of the molecule is FC(F)(F)O/C1=C/N=C(C(F)(F)CN2CCC(Nc3ncnc4[nH]ccc34)CC2)\C=C/CC1. The number of likely N-dealkylation sites (tertiary alicyclic amines) is 1. The Morgan fingerprint density at radius 2 is 1.94 bits per heavy atom. The van der Waals surface area contributed by atoms with E-state index in [1.165, 1.54) is 18.5 Å². The molecule has 0 atom stereocenters. The lowest BCUT2D eigenvalue weighted by Crippen LogP contribution is -2.47. The first-order chi connectivity index (χ1) is 15.7. The summed E-state index contributed by atoms with van der Waals surface area (Å²) in [5.74, 6) is -3.12. The Hall–Kier alpha value is -3.02. The second-order valence-corrected chi connectivity index (χ2v) is 7.96. The maximum absolute atomic E-state index is 14.9. The van der Waals surface area contributed by atoms with E-state index < -0.39 is 30.3 Å². The van der Waals surface area contributed by atoms with Crippen LogP contribution in [-0.2, 0) is 4.74 Å². The molecule has 2 aliphatic rings. The second kappa shape index (κ2) is 9.46. The third-order valence-electron chi connectivity index (χ3n) is 5.51. The van der Waals surface area contributed by atoms with Crippen molar-refractivity contribution in [1.29, 1.82) is 0 Å². The van der Waals surface area contributed by atoms with E-state index in [1.807, 2.05) is 6.07 Å². The number of halogens is 5. The topological polar surface area (TPSA) is 78.4 Å². The van der Waals surface area contributed by atoms with Crippen LogP contribution in [-0.4, -0.2) is 63.5 Å². The van der Waals surface area contributed by atoms with Crippen molar-refractivity contribution >= 4 is 22.6 Å². The molecule has 33 heavy (non-hydrogen) atoms. The molecule has 4 heterocycles. The highest BCUT2D eigenvalue weighted by molar-refractivity contribution is 6.01. The van der Waals surface area contributed by atoms with E-state index in [0.29, 0.717) is 31.7 Å². The van der Waals surface area contributed by atoms with Crippen LogP contribution in [0.5, 0.6) is 0 Å². The fourth-order valence-electron chi connectivity index (χ4n) is 3.89. The van der Waals surface area contributed by atoms with Crippen LogP contribution in [0.15, 0.2) is 47.7 Å². The van der Waals surface area contributed by atoms with Crippen LogP contribution in [0.4, 0.5) is 27.8 Å². The molecule has 0 bridgehead atoms. The number of allylic oxidation sites excluding steroid dienone is 3. The Morgan fingerprint density at radius 1 is 1.15 bits per heavy atom. The van der Waals surface area contributed by atoms with Gasteiger partial charge in [-0.05, 0) is 31.4 Å². The van der Waals surface area contributed by atoms with E-state index in [4.69, 9.17) is 0 Å². The van der Waals surface area contributed by atoms with Gasteiger partial charge in [0.15, 0.2) is 0 Å². The maximum Gasteiger partial charge on any atom is 0.572 e. The minimum Gasteiger partial charge on any atom is -0.409 e. The van der Waals surface area contributed by atoms with Crippen molar-refractivity contribution in [3.63, 3.8) is 0 Å². The summed E-state index contributed by atoms with van der Waals surface area (Å²) in [6, 6.07) is 1.95. The average Bonchev–Trinajstić information content (AvgIpc) is 3.20. The fraction of sp³-hybridized carbons (Fsp3) is 0.476. The van der Waals surface area contributed by atoms with Crippen LogP contribution >= 0.6 is 0 Å². The number of anilines is 1. The number of aliphatic imine (C=N–C) groups is 1. The smallest absolute Gasteiger partial charge is 0.409 e. The molecule has 2 aliphatic heterocycles. The number of aromatic amines is 1. The molecule has 0 aromatic carbocycles. The predicted octanol–water partition coefficient (Wildman–Crippen LogP) is 4.64. The lowest BCUT2D eigenvalue weighted by Gasteiger charge is -2.34. The van der Waals surface area contributed by atoms with E-state index in [0.717, 1.165) is 17.2 Å². The number of rotatable bonds is 6. The summed E-state index contributed by atoms with van der Waals surface area (Å²) in [6.07, 6.45) is 2.99. The fourth-order valence-corrected chi connectivity index (χ4v) is 3.89. The molecular weight excluding hydrogens is 447 g/mol. The molecule has 2 aromatic heterocycles. The molecule has 4 rings (SSSR count). The van der Waals surface area contributed by atoms with Gasteiger partial charge in [0.2, 0.25) is 0 Å². The normalized spacial score (nSPS) is 23.2. The van der Waals surface area contributed by atoms with Gasteiger partial charge < -0.3 is 15.0 Å². The van der Waals surface area contributed by atoms with Gasteiger partial charge in [0.1, 0.15) is 29.3 Å². The molecule has 1 fully saturated rings. The molecule has 12 heteroatoms. The first kappa shape index (κ1) is 23.1. The monoisotopic (exact) mass is 470 g/mol. The number of nitrogens with zero attached hydrogens (tertiary/aromatic N) is 4. The van der Waals surface area contributed by atoms with Crippen molar-refractivity contribution in [3.8, 4) is 0 Å². The van der Waals surface area contributed by atoms with Crippen molar-refractivity contribution in [2.45, 2.75) is 44.0 Å². The number of piperidine rings is 1. The highest BCUT2D eigenvalue weighted by Crippen LogP contribution is 2.27. The summed E-state index contributed by atoms with van der Waals surface area (Å²) in [5.41, 5.74) is 0.136. The van der Waals surface area contributed by atoms with Crippen molar-refractivity contribution in [2.75, 3.05) is 25.0 Å². The summed E-state index contributed by atoms with van der Waals surface area (Å²) >= 11 is 0. The molecular formula is C21H23F5N6O. The zero-order valence-corrected chi connectivity index (χ0v) is 17.6. The van der Waals surface area contributed by atoms with E-state index in [2.05, 4.69) is 30.0 Å². The van der Waals surface area contributed by atoms with Crippen molar-refractivity contribution < 1.29 is 26.7 Å². The molecule has 0 spiro atoms. The number of alkyl halides is 5.